The van der Waals surface area contributed by atoms with Gasteiger partial charge in [0.15, 0.2) is 0 Å². The molecule has 3 aliphatic rings. The van der Waals surface area contributed by atoms with Crippen LogP contribution >= 0.6 is 11.8 Å². The Balaban J connectivity index is 1.67. The van der Waals surface area contributed by atoms with Crippen LogP contribution in [0.15, 0.2) is 41.4 Å². The van der Waals surface area contributed by atoms with Crippen molar-refractivity contribution in [3.63, 3.8) is 0 Å². The van der Waals surface area contributed by atoms with Gasteiger partial charge in [-0.05, 0) is 80.1 Å². The summed E-state index contributed by atoms with van der Waals surface area (Å²) in [6.45, 7) is 14.3. The SMILES string of the molecule is CC[C@H](C)[C@H]1C(=O)N2CCC[C@H]2C(=O)O[C@@H](C(C)(C)C)C[C@@H](C)C/C=C\C2=N[C@@H](CCC(=O)N[C@@H](Cc3ccc(OC)cc3)C(=O)N(C)[C@@H](C)C(=O)N1C)CS2. The van der Waals surface area contributed by atoms with Gasteiger partial charge in [0.2, 0.25) is 23.6 Å². The smallest absolute Gasteiger partial charge is 0.329 e. The van der Waals surface area contributed by atoms with Gasteiger partial charge in [0.25, 0.3) is 0 Å². The number of carbonyl (C=O) groups is 5. The van der Waals surface area contributed by atoms with Crippen LogP contribution in [0.4, 0.5) is 0 Å². The normalized spacial score (nSPS) is 29.5. The van der Waals surface area contributed by atoms with E-state index in [-0.39, 0.29) is 54.1 Å². The second-order valence-electron chi connectivity index (χ2n) is 17.0. The number of carbonyl (C=O) groups excluding carboxylic acids is 5. The Labute approximate surface area is 338 Å². The highest BCUT2D eigenvalue weighted by molar-refractivity contribution is 8.14. The first-order chi connectivity index (χ1) is 26.4. The number of thioether (sulfide) groups is 1. The standard InChI is InChI=1S/C43H65N5O7S/c1-11-28(3)38-41(52)48-23-13-15-34(48)42(53)55-35(43(5,6)7)24-27(2)14-12-16-37-44-31(26-56-37)19-22-36(49)45-33(25-30-17-20-32(54-10)21-18-30)40(51)46(8)29(4)39(50)47(38)9/h12,16-18,20-21,27-29,31,33-35,38H,11,13-15,19,22-26H2,1-10H3,(H,45,49)/b16-12-/t27-,28-,29-,31-,33-,34-,35+,38-/m0/s1. The first-order valence-corrected chi connectivity index (χ1v) is 21.3. The van der Waals surface area contributed by atoms with Crippen molar-refractivity contribution in [3.8, 4) is 5.75 Å². The van der Waals surface area contributed by atoms with Gasteiger partial charge in [-0.3, -0.25) is 24.2 Å². The van der Waals surface area contributed by atoms with Crippen LogP contribution in [0.25, 0.3) is 0 Å². The van der Waals surface area contributed by atoms with Crippen LogP contribution in [0.2, 0.25) is 0 Å². The molecule has 0 aromatic heterocycles. The van der Waals surface area contributed by atoms with Crippen molar-refractivity contribution in [2.75, 3.05) is 33.5 Å². The third-order valence-corrected chi connectivity index (χ3v) is 12.7. The molecule has 4 rings (SSSR count). The predicted octanol–water partition coefficient (Wildman–Crippen LogP) is 5.67. The molecular weight excluding hydrogens is 731 g/mol. The molecule has 0 saturated carbocycles. The maximum absolute atomic E-state index is 14.5. The highest BCUT2D eigenvalue weighted by atomic mass is 32.2. The van der Waals surface area contributed by atoms with Crippen LogP contribution in [0, 0.1) is 17.3 Å². The minimum atomic E-state index is -0.957. The first kappa shape index (κ1) is 44.8. The number of methoxy groups -OCH3 is 1. The van der Waals surface area contributed by atoms with E-state index < -0.39 is 42.0 Å². The number of nitrogens with one attached hydrogen (secondary N) is 1. The molecule has 3 aliphatic heterocycles. The Hall–Kier alpha value is -3.87. The average Bonchev–Trinajstić information content (AvgIpc) is 3.85. The highest BCUT2D eigenvalue weighted by Crippen LogP contribution is 2.32. The maximum Gasteiger partial charge on any atom is 0.329 e. The summed E-state index contributed by atoms with van der Waals surface area (Å²) in [4.78, 5) is 79.7. The number of esters is 1. The third kappa shape index (κ3) is 11.6. The molecule has 2 bridgehead atoms. The van der Waals surface area contributed by atoms with E-state index in [4.69, 9.17) is 14.5 Å². The third-order valence-electron chi connectivity index (χ3n) is 11.6. The van der Waals surface area contributed by atoms with Crippen molar-refractivity contribution in [3.05, 3.63) is 42.0 Å². The molecular formula is C43H65N5O7S. The maximum atomic E-state index is 14.5. The zero-order valence-electron chi connectivity index (χ0n) is 35.2. The number of hydrogen-bond acceptors (Lipinski definition) is 9. The van der Waals surface area contributed by atoms with E-state index in [0.717, 1.165) is 22.8 Å². The zero-order chi connectivity index (χ0) is 41.3. The lowest BCUT2D eigenvalue weighted by Crippen LogP contribution is -2.59. The molecule has 8 atom stereocenters. The second-order valence-corrected chi connectivity index (χ2v) is 18.0. The van der Waals surface area contributed by atoms with Crippen LogP contribution in [-0.4, -0.2) is 119 Å². The van der Waals surface area contributed by atoms with Crippen molar-refractivity contribution in [2.24, 2.45) is 22.2 Å². The molecule has 13 heteroatoms. The lowest BCUT2D eigenvalue weighted by atomic mass is 9.83. The van der Waals surface area contributed by atoms with Gasteiger partial charge < -0.3 is 29.5 Å². The molecule has 1 N–H and O–H groups in total. The zero-order valence-corrected chi connectivity index (χ0v) is 36.0. The Kier molecular flexibility index (Phi) is 16.0. The molecule has 3 heterocycles. The van der Waals surface area contributed by atoms with Gasteiger partial charge in [-0.2, -0.15) is 0 Å². The number of cyclic esters (lactones) is 1. The quantitative estimate of drug-likeness (QED) is 0.377. The summed E-state index contributed by atoms with van der Waals surface area (Å²) in [5, 5.41) is 3.89. The molecule has 56 heavy (non-hydrogen) atoms. The molecule has 1 aromatic rings. The van der Waals surface area contributed by atoms with Crippen LogP contribution in [0.5, 0.6) is 5.75 Å². The Bertz CT molecular complexity index is 1610. The molecule has 1 fully saturated rings. The number of nitrogens with zero attached hydrogens (tertiary/aromatic N) is 4. The molecule has 4 amide bonds. The molecule has 0 spiro atoms. The summed E-state index contributed by atoms with van der Waals surface area (Å²) < 4.78 is 11.6. The summed E-state index contributed by atoms with van der Waals surface area (Å²) in [5.41, 5.74) is 0.491. The number of aliphatic imine (C=N–C) groups is 1. The summed E-state index contributed by atoms with van der Waals surface area (Å²) in [7, 11) is 4.73. The lowest BCUT2D eigenvalue weighted by Gasteiger charge is -2.39. The van der Waals surface area contributed by atoms with Gasteiger partial charge in [-0.25, -0.2) is 4.79 Å². The van der Waals surface area contributed by atoms with Crippen molar-refractivity contribution < 1.29 is 33.4 Å². The van der Waals surface area contributed by atoms with Crippen molar-refractivity contribution >= 4 is 46.4 Å². The number of benzene rings is 1. The van der Waals surface area contributed by atoms with Gasteiger partial charge in [-0.15, -0.1) is 11.8 Å². The summed E-state index contributed by atoms with van der Waals surface area (Å²) in [6.07, 6.45) is 7.91. The molecule has 1 saturated heterocycles. The Morgan fingerprint density at radius 2 is 1.70 bits per heavy atom. The fourth-order valence-corrected chi connectivity index (χ4v) is 8.61. The van der Waals surface area contributed by atoms with E-state index in [1.54, 1.807) is 56.9 Å². The van der Waals surface area contributed by atoms with E-state index in [2.05, 4.69) is 39.1 Å². The van der Waals surface area contributed by atoms with Crippen molar-refractivity contribution in [1.82, 2.24) is 20.0 Å². The molecule has 0 radical (unpaired) electrons. The van der Waals surface area contributed by atoms with Gasteiger partial charge in [0.1, 0.15) is 36.0 Å². The molecule has 12 nitrogen and oxygen atoms in total. The largest absolute Gasteiger partial charge is 0.497 e. The fraction of sp³-hybridized carbons (Fsp3) is 0.674. The number of rotatable bonds is 5. The van der Waals surface area contributed by atoms with Crippen molar-refractivity contribution in [1.29, 1.82) is 0 Å². The van der Waals surface area contributed by atoms with E-state index in [0.29, 0.717) is 44.4 Å². The highest BCUT2D eigenvalue weighted by Gasteiger charge is 2.44. The van der Waals surface area contributed by atoms with Gasteiger partial charge >= 0.3 is 5.97 Å². The Morgan fingerprint density at radius 3 is 2.34 bits per heavy atom. The van der Waals surface area contributed by atoms with E-state index >= 15 is 0 Å². The number of likely N-dealkylation sites (N-methyl/N-ethyl adjacent to an activating group) is 2. The molecule has 1 aromatic carbocycles. The van der Waals surface area contributed by atoms with Gasteiger partial charge in [0.05, 0.1) is 18.2 Å². The molecule has 0 unspecified atom stereocenters. The Morgan fingerprint density at radius 1 is 1.00 bits per heavy atom. The van der Waals surface area contributed by atoms with E-state index in [1.807, 2.05) is 32.1 Å². The van der Waals surface area contributed by atoms with E-state index in [9.17, 15) is 24.0 Å². The summed E-state index contributed by atoms with van der Waals surface area (Å²) in [5.74, 6) is -0.393. The average molecular weight is 796 g/mol. The van der Waals surface area contributed by atoms with Crippen molar-refractivity contribution in [2.45, 2.75) is 136 Å². The van der Waals surface area contributed by atoms with Gasteiger partial charge in [0, 0.05) is 39.2 Å². The van der Waals surface area contributed by atoms with Crippen LogP contribution in [-0.2, 0) is 35.1 Å². The molecule has 310 valence electrons. The minimum absolute atomic E-state index is 0.0232. The number of hydrogen-bond donors (Lipinski definition) is 1. The lowest BCUT2D eigenvalue weighted by molar-refractivity contribution is -0.166. The van der Waals surface area contributed by atoms with E-state index in [1.165, 1.54) is 9.80 Å². The monoisotopic (exact) mass is 795 g/mol. The van der Waals surface area contributed by atoms with Gasteiger partial charge in [-0.1, -0.05) is 66.2 Å². The number of ether oxygens (including phenoxy) is 2. The number of fused-ring (bicyclic) bond motifs is 2. The van der Waals surface area contributed by atoms with Crippen LogP contribution in [0.3, 0.4) is 0 Å². The predicted molar refractivity (Wildman–Crippen MR) is 221 cm³/mol. The fourth-order valence-electron chi connectivity index (χ4n) is 7.59. The van der Waals surface area contributed by atoms with Crippen LogP contribution in [0.1, 0.15) is 99.0 Å². The summed E-state index contributed by atoms with van der Waals surface area (Å²) >= 11 is 1.66. The number of allylic oxidation sites excluding steroid dienone is 1. The molecule has 0 aliphatic carbocycles. The second kappa shape index (κ2) is 20.0. The minimum Gasteiger partial charge on any atom is -0.497 e. The summed E-state index contributed by atoms with van der Waals surface area (Å²) in [6, 6.07) is 3.76. The topological polar surface area (TPSA) is 138 Å². The first-order valence-electron chi connectivity index (χ1n) is 20.3. The van der Waals surface area contributed by atoms with Crippen LogP contribution < -0.4 is 10.1 Å². The number of amides is 4.